The molecule has 1 saturated carbocycles. The third-order valence-corrected chi connectivity index (χ3v) is 4.65. The van der Waals surface area contributed by atoms with Gasteiger partial charge in [-0.05, 0) is 55.3 Å². The average molecular weight is 390 g/mol. The van der Waals surface area contributed by atoms with Gasteiger partial charge in [0.05, 0.1) is 11.8 Å². The summed E-state index contributed by atoms with van der Waals surface area (Å²) in [6.07, 6.45) is 6.95. The van der Waals surface area contributed by atoms with Gasteiger partial charge in [-0.1, -0.05) is 0 Å². The Morgan fingerprint density at radius 2 is 2.14 bits per heavy atom. The van der Waals surface area contributed by atoms with Crippen molar-refractivity contribution in [2.75, 3.05) is 11.1 Å². The molecule has 4 N–H and O–H groups in total. The SMILES string of the molecule is C#N.CC(O)Cc1ccncc1-c1cc2cc(NC(=O)C3CC3)ncc2c(N)n1. The lowest BCUT2D eigenvalue weighted by molar-refractivity contribution is -0.117. The van der Waals surface area contributed by atoms with Crippen molar-refractivity contribution < 1.29 is 9.90 Å². The lowest BCUT2D eigenvalue weighted by Crippen LogP contribution is -2.14. The van der Waals surface area contributed by atoms with Crippen LogP contribution in [0.3, 0.4) is 0 Å². The molecule has 1 amide bonds. The van der Waals surface area contributed by atoms with Crippen LogP contribution in [0.25, 0.3) is 22.0 Å². The molecule has 0 saturated heterocycles. The molecular formula is C21H22N6O2. The van der Waals surface area contributed by atoms with Crippen molar-refractivity contribution in [3.05, 3.63) is 42.4 Å². The van der Waals surface area contributed by atoms with Crippen LogP contribution >= 0.6 is 0 Å². The molecule has 1 atom stereocenters. The van der Waals surface area contributed by atoms with E-state index in [-0.39, 0.29) is 11.8 Å². The van der Waals surface area contributed by atoms with Crippen molar-refractivity contribution in [1.29, 1.82) is 5.26 Å². The van der Waals surface area contributed by atoms with Crippen LogP contribution in [0.2, 0.25) is 0 Å². The Labute approximate surface area is 168 Å². The summed E-state index contributed by atoms with van der Waals surface area (Å²) in [7, 11) is 0. The number of nitrogens with one attached hydrogen (secondary N) is 1. The van der Waals surface area contributed by atoms with E-state index in [1.807, 2.05) is 18.2 Å². The van der Waals surface area contributed by atoms with Crippen LogP contribution in [0.15, 0.2) is 36.8 Å². The summed E-state index contributed by atoms with van der Waals surface area (Å²) in [5.41, 5.74) is 8.60. The van der Waals surface area contributed by atoms with Gasteiger partial charge in [-0.3, -0.25) is 9.78 Å². The van der Waals surface area contributed by atoms with Gasteiger partial charge in [-0.25, -0.2) is 15.2 Å². The monoisotopic (exact) mass is 390 g/mol. The van der Waals surface area contributed by atoms with Crippen LogP contribution in [-0.2, 0) is 11.2 Å². The molecule has 1 fully saturated rings. The van der Waals surface area contributed by atoms with Gasteiger partial charge in [-0.2, -0.15) is 0 Å². The number of hydrogen-bond acceptors (Lipinski definition) is 7. The molecule has 3 heterocycles. The molecule has 29 heavy (non-hydrogen) atoms. The third kappa shape index (κ3) is 4.65. The Kier molecular flexibility index (Phi) is 6.00. The highest BCUT2D eigenvalue weighted by molar-refractivity contribution is 5.98. The molecule has 8 heteroatoms. The van der Waals surface area contributed by atoms with Crippen LogP contribution in [0.1, 0.15) is 25.3 Å². The predicted molar refractivity (Wildman–Crippen MR) is 111 cm³/mol. The first-order valence-electron chi connectivity index (χ1n) is 9.25. The van der Waals surface area contributed by atoms with E-state index < -0.39 is 6.10 Å². The van der Waals surface area contributed by atoms with Crippen LogP contribution in [0, 0.1) is 17.8 Å². The number of aliphatic hydroxyl groups excluding tert-OH is 1. The summed E-state index contributed by atoms with van der Waals surface area (Å²) in [6.45, 7) is 5.24. The normalized spacial score (nSPS) is 13.9. The maximum Gasteiger partial charge on any atom is 0.228 e. The summed E-state index contributed by atoms with van der Waals surface area (Å²) in [5, 5.41) is 20.7. The number of carbonyl (C=O) groups is 1. The smallest absolute Gasteiger partial charge is 0.228 e. The maximum absolute atomic E-state index is 12.0. The molecule has 148 valence electrons. The number of nitrogens with zero attached hydrogens (tertiary/aromatic N) is 4. The molecule has 8 nitrogen and oxygen atoms in total. The minimum absolute atomic E-state index is 0.00980. The molecule has 1 aliphatic rings. The van der Waals surface area contributed by atoms with Gasteiger partial charge in [0.2, 0.25) is 5.91 Å². The second-order valence-electron chi connectivity index (χ2n) is 7.03. The van der Waals surface area contributed by atoms with Gasteiger partial charge in [0, 0.05) is 42.0 Å². The lowest BCUT2D eigenvalue weighted by Gasteiger charge is -2.12. The van der Waals surface area contributed by atoms with Crippen LogP contribution in [0.5, 0.6) is 0 Å². The summed E-state index contributed by atoms with van der Waals surface area (Å²) < 4.78 is 0. The number of nitrogen functional groups attached to an aromatic ring is 1. The summed E-state index contributed by atoms with van der Waals surface area (Å²) in [6, 6.07) is 5.59. The number of aromatic nitrogens is 3. The zero-order valence-electron chi connectivity index (χ0n) is 16.0. The molecule has 0 spiro atoms. The van der Waals surface area contributed by atoms with Gasteiger partial charge in [0.25, 0.3) is 0 Å². The van der Waals surface area contributed by atoms with Crippen molar-refractivity contribution in [3.8, 4) is 17.8 Å². The molecule has 1 aliphatic carbocycles. The molecule has 3 aromatic heterocycles. The standard InChI is InChI=1S/C20H21N5O2.CHN/c1-11(26)6-13-4-5-22-9-15(13)17-7-14-8-18(25-20(27)12-2-3-12)23-10-16(14)19(21)24-17;1-2/h4-5,7-12,26H,2-3,6H2,1H3,(H2,21,24)(H,23,25,27);1H. The topological polar surface area (TPSA) is 138 Å². The van der Waals surface area contributed by atoms with E-state index in [1.165, 1.54) is 0 Å². The van der Waals surface area contributed by atoms with Crippen LogP contribution in [0.4, 0.5) is 11.6 Å². The Morgan fingerprint density at radius 1 is 1.38 bits per heavy atom. The second-order valence-corrected chi connectivity index (χ2v) is 7.03. The maximum atomic E-state index is 12.0. The molecular weight excluding hydrogens is 368 g/mol. The summed E-state index contributed by atoms with van der Waals surface area (Å²) in [4.78, 5) is 25.0. The zero-order valence-corrected chi connectivity index (χ0v) is 16.0. The predicted octanol–water partition coefficient (Wildman–Crippen LogP) is 2.69. The highest BCUT2D eigenvalue weighted by atomic mass is 16.3. The van der Waals surface area contributed by atoms with Crippen molar-refractivity contribution in [2.24, 2.45) is 5.92 Å². The van der Waals surface area contributed by atoms with E-state index in [1.54, 1.807) is 25.5 Å². The number of carbonyl (C=O) groups excluding carboxylic acids is 1. The van der Waals surface area contributed by atoms with Crippen LogP contribution < -0.4 is 11.1 Å². The van der Waals surface area contributed by atoms with E-state index in [2.05, 4.69) is 26.8 Å². The molecule has 3 aromatic rings. The zero-order chi connectivity index (χ0) is 21.0. The molecule has 1 unspecified atom stereocenters. The first kappa shape index (κ1) is 20.2. The van der Waals surface area contributed by atoms with E-state index in [0.29, 0.717) is 23.8 Å². The highest BCUT2D eigenvalue weighted by Crippen LogP contribution is 2.32. The average Bonchev–Trinajstić information content (AvgIpc) is 3.54. The van der Waals surface area contributed by atoms with Gasteiger partial charge < -0.3 is 16.2 Å². The number of pyridine rings is 3. The van der Waals surface area contributed by atoms with Gasteiger partial charge in [-0.15, -0.1) is 0 Å². The number of anilines is 2. The first-order valence-corrected chi connectivity index (χ1v) is 9.25. The molecule has 0 aromatic carbocycles. The Balaban J connectivity index is 0.00000117. The molecule has 0 radical (unpaired) electrons. The number of aliphatic hydroxyl groups is 1. The van der Waals surface area contributed by atoms with E-state index >= 15 is 0 Å². The van der Waals surface area contributed by atoms with Gasteiger partial charge in [0.1, 0.15) is 11.6 Å². The highest BCUT2D eigenvalue weighted by Gasteiger charge is 2.29. The lowest BCUT2D eigenvalue weighted by atomic mass is 10.0. The van der Waals surface area contributed by atoms with Crippen molar-refractivity contribution in [1.82, 2.24) is 15.0 Å². The Morgan fingerprint density at radius 3 is 2.83 bits per heavy atom. The largest absolute Gasteiger partial charge is 0.393 e. The number of nitriles is 1. The second kappa shape index (κ2) is 8.63. The minimum atomic E-state index is -0.475. The Hall–Kier alpha value is -3.57. The summed E-state index contributed by atoms with van der Waals surface area (Å²) >= 11 is 0. The number of amides is 1. The molecule has 0 aliphatic heterocycles. The fraction of sp³-hybridized carbons (Fsp3) is 0.286. The first-order chi connectivity index (χ1) is 14.0. The fourth-order valence-corrected chi connectivity index (χ4v) is 3.10. The summed E-state index contributed by atoms with van der Waals surface area (Å²) in [5.74, 6) is 0.989. The Bertz CT molecular complexity index is 1060. The van der Waals surface area contributed by atoms with Gasteiger partial charge in [0.15, 0.2) is 0 Å². The van der Waals surface area contributed by atoms with Crippen molar-refractivity contribution in [3.63, 3.8) is 0 Å². The number of hydrogen-bond donors (Lipinski definition) is 3. The van der Waals surface area contributed by atoms with Crippen LogP contribution in [-0.4, -0.2) is 32.1 Å². The van der Waals surface area contributed by atoms with Gasteiger partial charge >= 0.3 is 0 Å². The number of rotatable bonds is 5. The van der Waals surface area contributed by atoms with Crippen molar-refractivity contribution >= 4 is 28.3 Å². The van der Waals surface area contributed by atoms with Crippen molar-refractivity contribution in [2.45, 2.75) is 32.3 Å². The quantitative estimate of drug-likeness (QED) is 0.609. The number of nitrogens with two attached hydrogens (primary N) is 1. The third-order valence-electron chi connectivity index (χ3n) is 4.65. The van der Waals surface area contributed by atoms with E-state index in [4.69, 9.17) is 11.0 Å². The fourth-order valence-electron chi connectivity index (χ4n) is 3.10. The molecule has 0 bridgehead atoms. The number of fused-ring (bicyclic) bond motifs is 1. The minimum Gasteiger partial charge on any atom is -0.393 e. The van der Waals surface area contributed by atoms with E-state index in [9.17, 15) is 9.90 Å². The molecule has 4 rings (SSSR count). The van der Waals surface area contributed by atoms with E-state index in [0.717, 1.165) is 34.7 Å².